The van der Waals surface area contributed by atoms with Gasteiger partial charge in [0.1, 0.15) is 0 Å². The van der Waals surface area contributed by atoms with Crippen LogP contribution in [0.25, 0.3) is 0 Å². The molecule has 0 amide bonds. The zero-order valence-corrected chi connectivity index (χ0v) is 14.7. The number of hydrogen-bond acceptors (Lipinski definition) is 2. The summed E-state index contributed by atoms with van der Waals surface area (Å²) in [5.74, 6) is 1.93. The molecule has 2 nitrogen and oxygen atoms in total. The molecular formula is C19H34N2. The maximum absolute atomic E-state index is 9.61. The van der Waals surface area contributed by atoms with Gasteiger partial charge in [0.05, 0.1) is 12.0 Å². The van der Waals surface area contributed by atoms with Crippen LogP contribution in [0.3, 0.4) is 0 Å². The van der Waals surface area contributed by atoms with Crippen molar-refractivity contribution < 1.29 is 0 Å². The molecule has 0 aromatic carbocycles. The van der Waals surface area contributed by atoms with E-state index in [-0.39, 0.29) is 5.92 Å². The van der Waals surface area contributed by atoms with Gasteiger partial charge < -0.3 is 0 Å². The van der Waals surface area contributed by atoms with Crippen molar-refractivity contribution in [1.82, 2.24) is 4.90 Å². The highest BCUT2D eigenvalue weighted by atomic mass is 15.2. The van der Waals surface area contributed by atoms with E-state index < -0.39 is 0 Å². The number of nitriles is 1. The zero-order chi connectivity index (χ0) is 15.6. The van der Waals surface area contributed by atoms with Crippen molar-refractivity contribution in [3.8, 4) is 6.07 Å². The predicted molar refractivity (Wildman–Crippen MR) is 88.9 cm³/mol. The van der Waals surface area contributed by atoms with Gasteiger partial charge in [-0.25, -0.2) is 0 Å². The van der Waals surface area contributed by atoms with E-state index in [4.69, 9.17) is 0 Å². The molecule has 2 fully saturated rings. The normalized spacial score (nSPS) is 30.7. The molecule has 2 heteroatoms. The standard InChI is InChI=1S/C19H34N2/c1-6-19(4,5)17-10-9-16(12-20)18(11-17)21(14(2)3)13-15-7-8-15/h14-18H,6-11,13H2,1-5H3. The smallest absolute Gasteiger partial charge is 0.0672 e. The Kier molecular flexibility index (Phi) is 5.36. The fraction of sp³-hybridized carbons (Fsp3) is 0.947. The highest BCUT2D eigenvalue weighted by Gasteiger charge is 2.41. The fourth-order valence-electron chi connectivity index (χ4n) is 3.99. The van der Waals surface area contributed by atoms with Crippen molar-refractivity contribution in [2.75, 3.05) is 6.54 Å². The van der Waals surface area contributed by atoms with Crippen molar-refractivity contribution >= 4 is 0 Å². The molecule has 21 heavy (non-hydrogen) atoms. The van der Waals surface area contributed by atoms with E-state index in [1.807, 2.05) is 0 Å². The van der Waals surface area contributed by atoms with Crippen molar-refractivity contribution in [3.63, 3.8) is 0 Å². The summed E-state index contributed by atoms with van der Waals surface area (Å²) in [6, 6.07) is 3.68. The molecule has 0 bridgehead atoms. The second-order valence-corrected chi connectivity index (χ2v) is 8.39. The lowest BCUT2D eigenvalue weighted by molar-refractivity contribution is 0.0326. The minimum absolute atomic E-state index is 0.245. The lowest BCUT2D eigenvalue weighted by atomic mass is 9.65. The zero-order valence-electron chi connectivity index (χ0n) is 14.7. The van der Waals surface area contributed by atoms with Crippen molar-refractivity contribution in [2.24, 2.45) is 23.2 Å². The highest BCUT2D eigenvalue weighted by molar-refractivity contribution is 5.01. The summed E-state index contributed by atoms with van der Waals surface area (Å²) in [4.78, 5) is 2.67. The minimum atomic E-state index is 0.245. The Bertz CT molecular complexity index is 376. The van der Waals surface area contributed by atoms with Gasteiger partial charge in [-0.15, -0.1) is 0 Å². The lowest BCUT2D eigenvalue weighted by Gasteiger charge is -2.46. The molecule has 0 heterocycles. The van der Waals surface area contributed by atoms with Crippen molar-refractivity contribution in [2.45, 2.75) is 85.2 Å². The van der Waals surface area contributed by atoms with Gasteiger partial charge in [-0.2, -0.15) is 5.26 Å². The van der Waals surface area contributed by atoms with Crippen LogP contribution >= 0.6 is 0 Å². The first-order valence-electron chi connectivity index (χ1n) is 9.04. The maximum atomic E-state index is 9.61. The maximum Gasteiger partial charge on any atom is 0.0672 e. The van der Waals surface area contributed by atoms with Gasteiger partial charge >= 0.3 is 0 Å². The first-order chi connectivity index (χ1) is 9.89. The average Bonchev–Trinajstić information content (AvgIpc) is 3.27. The first-order valence-corrected chi connectivity index (χ1v) is 9.04. The number of rotatable bonds is 6. The van der Waals surface area contributed by atoms with Crippen LogP contribution in [-0.2, 0) is 0 Å². The van der Waals surface area contributed by atoms with E-state index in [9.17, 15) is 5.26 Å². The number of nitrogens with zero attached hydrogens (tertiary/aromatic N) is 2. The molecule has 0 radical (unpaired) electrons. The monoisotopic (exact) mass is 290 g/mol. The molecule has 2 aliphatic carbocycles. The summed E-state index contributed by atoms with van der Waals surface area (Å²) in [5.41, 5.74) is 0.418. The molecule has 0 spiro atoms. The minimum Gasteiger partial charge on any atom is -0.296 e. The molecule has 0 saturated heterocycles. The van der Waals surface area contributed by atoms with E-state index in [2.05, 4.69) is 45.6 Å². The third-order valence-electron chi connectivity index (χ3n) is 6.25. The molecule has 120 valence electrons. The van der Waals surface area contributed by atoms with E-state index in [0.29, 0.717) is 17.5 Å². The Labute approximate surface area is 131 Å². The van der Waals surface area contributed by atoms with Crippen LogP contribution in [-0.4, -0.2) is 23.5 Å². The quantitative estimate of drug-likeness (QED) is 0.699. The van der Waals surface area contributed by atoms with Gasteiger partial charge in [-0.3, -0.25) is 4.90 Å². The second-order valence-electron chi connectivity index (χ2n) is 8.39. The largest absolute Gasteiger partial charge is 0.296 e. The topological polar surface area (TPSA) is 27.0 Å². The van der Waals surface area contributed by atoms with Gasteiger partial charge in [0.2, 0.25) is 0 Å². The molecule has 2 aliphatic rings. The van der Waals surface area contributed by atoms with Crippen LogP contribution in [0.4, 0.5) is 0 Å². The van der Waals surface area contributed by atoms with Gasteiger partial charge in [0.15, 0.2) is 0 Å². The van der Waals surface area contributed by atoms with Crippen LogP contribution in [0.5, 0.6) is 0 Å². The first kappa shape index (κ1) is 16.8. The highest BCUT2D eigenvalue weighted by Crippen LogP contribution is 2.44. The summed E-state index contributed by atoms with van der Waals surface area (Å²) in [5, 5.41) is 9.61. The molecule has 3 atom stereocenters. The molecule has 0 N–H and O–H groups in total. The molecule has 0 aromatic heterocycles. The molecule has 2 rings (SSSR count). The third kappa shape index (κ3) is 4.01. The predicted octanol–water partition coefficient (Wildman–Crippen LogP) is 4.85. The van der Waals surface area contributed by atoms with Crippen LogP contribution in [0, 0.1) is 34.5 Å². The van der Waals surface area contributed by atoms with Crippen molar-refractivity contribution in [3.05, 3.63) is 0 Å². The van der Waals surface area contributed by atoms with E-state index >= 15 is 0 Å². The molecule has 0 aromatic rings. The molecule has 3 unspecified atom stereocenters. The Morgan fingerprint density at radius 3 is 2.33 bits per heavy atom. The number of hydrogen-bond donors (Lipinski definition) is 0. The lowest BCUT2D eigenvalue weighted by Crippen LogP contribution is -2.49. The van der Waals surface area contributed by atoms with Crippen LogP contribution in [0.1, 0.15) is 73.1 Å². The molecular weight excluding hydrogens is 256 g/mol. The molecule has 2 saturated carbocycles. The van der Waals surface area contributed by atoms with Gasteiger partial charge in [-0.05, 0) is 63.2 Å². The SMILES string of the molecule is CCC(C)(C)C1CCC(C#N)C(N(CC2CC2)C(C)C)C1. The van der Waals surface area contributed by atoms with Gasteiger partial charge in [-0.1, -0.05) is 27.2 Å². The van der Waals surface area contributed by atoms with E-state index in [1.165, 1.54) is 38.6 Å². The summed E-state index contributed by atoms with van der Waals surface area (Å²) in [7, 11) is 0. The van der Waals surface area contributed by atoms with Gasteiger partial charge in [0, 0.05) is 18.6 Å². The summed E-state index contributed by atoms with van der Waals surface area (Å²) in [6.45, 7) is 13.0. The van der Waals surface area contributed by atoms with Gasteiger partial charge in [0.25, 0.3) is 0 Å². The van der Waals surface area contributed by atoms with Crippen LogP contribution in [0.2, 0.25) is 0 Å². The molecule has 0 aliphatic heterocycles. The Hall–Kier alpha value is -0.550. The van der Waals surface area contributed by atoms with Crippen molar-refractivity contribution in [1.29, 1.82) is 5.26 Å². The summed E-state index contributed by atoms with van der Waals surface area (Å²) in [6.07, 6.45) is 7.61. The summed E-state index contributed by atoms with van der Waals surface area (Å²) < 4.78 is 0. The van der Waals surface area contributed by atoms with Crippen LogP contribution < -0.4 is 0 Å². The fourth-order valence-corrected chi connectivity index (χ4v) is 3.99. The van der Waals surface area contributed by atoms with E-state index in [1.54, 1.807) is 0 Å². The Balaban J connectivity index is 2.12. The Morgan fingerprint density at radius 1 is 1.19 bits per heavy atom. The third-order valence-corrected chi connectivity index (χ3v) is 6.25. The second kappa shape index (κ2) is 6.69. The van der Waals surface area contributed by atoms with E-state index in [0.717, 1.165) is 18.3 Å². The summed E-state index contributed by atoms with van der Waals surface area (Å²) >= 11 is 0. The Morgan fingerprint density at radius 2 is 1.86 bits per heavy atom. The van der Waals surface area contributed by atoms with Crippen LogP contribution in [0.15, 0.2) is 0 Å². The average molecular weight is 290 g/mol.